The van der Waals surface area contributed by atoms with Gasteiger partial charge >= 0.3 is 5.97 Å². The van der Waals surface area contributed by atoms with Gasteiger partial charge in [-0.1, -0.05) is 18.2 Å². The predicted molar refractivity (Wildman–Crippen MR) is 83.2 cm³/mol. The molecule has 1 aliphatic rings. The first-order valence-corrected chi connectivity index (χ1v) is 8.74. The van der Waals surface area contributed by atoms with E-state index in [2.05, 4.69) is 0 Å². The third-order valence-electron chi connectivity index (χ3n) is 4.14. The van der Waals surface area contributed by atoms with Crippen LogP contribution >= 0.6 is 0 Å². The summed E-state index contributed by atoms with van der Waals surface area (Å²) >= 11 is 0. The number of aliphatic carboxylic acids is 1. The maximum atomic E-state index is 12.7. The molecule has 7 heteroatoms. The van der Waals surface area contributed by atoms with Gasteiger partial charge in [0.2, 0.25) is 10.0 Å². The lowest BCUT2D eigenvalue weighted by molar-refractivity contribution is -0.138. The summed E-state index contributed by atoms with van der Waals surface area (Å²) in [5.41, 5.74) is 0.743. The summed E-state index contributed by atoms with van der Waals surface area (Å²) in [6.07, 6.45) is 1.30. The van der Waals surface area contributed by atoms with E-state index in [1.165, 1.54) is 4.31 Å². The minimum atomic E-state index is -3.47. The van der Waals surface area contributed by atoms with Crippen molar-refractivity contribution in [3.8, 4) is 0 Å². The molecule has 1 aromatic carbocycles. The van der Waals surface area contributed by atoms with Gasteiger partial charge < -0.3 is 5.11 Å². The van der Waals surface area contributed by atoms with Gasteiger partial charge in [0.1, 0.15) is 0 Å². The van der Waals surface area contributed by atoms with Crippen LogP contribution < -0.4 is 0 Å². The molecule has 1 fully saturated rings. The van der Waals surface area contributed by atoms with Gasteiger partial charge in [0.25, 0.3) is 0 Å². The Morgan fingerprint density at radius 1 is 1.32 bits per heavy atom. The van der Waals surface area contributed by atoms with E-state index in [4.69, 9.17) is 5.11 Å². The van der Waals surface area contributed by atoms with Gasteiger partial charge in [0.05, 0.1) is 11.4 Å². The highest BCUT2D eigenvalue weighted by Crippen LogP contribution is 2.24. The fourth-order valence-electron chi connectivity index (χ4n) is 2.85. The molecule has 2 rings (SSSR count). The summed E-state index contributed by atoms with van der Waals surface area (Å²) in [6, 6.07) is 7.09. The smallest absolute Gasteiger partial charge is 0.317 e. The second kappa shape index (κ2) is 6.76. The topological polar surface area (TPSA) is 77.9 Å². The van der Waals surface area contributed by atoms with Gasteiger partial charge in [-0.25, -0.2) is 8.42 Å². The molecule has 0 aliphatic carbocycles. The Labute approximate surface area is 131 Å². The van der Waals surface area contributed by atoms with Crippen molar-refractivity contribution in [1.29, 1.82) is 0 Å². The van der Waals surface area contributed by atoms with Crippen molar-refractivity contribution in [2.45, 2.75) is 30.7 Å². The molecule has 6 nitrogen and oxygen atoms in total. The normalized spacial score (nSPS) is 17.8. The quantitative estimate of drug-likeness (QED) is 0.879. The van der Waals surface area contributed by atoms with Crippen LogP contribution in [-0.4, -0.2) is 61.4 Å². The molecule has 0 unspecified atom stereocenters. The number of benzene rings is 1. The number of likely N-dealkylation sites (N-methyl/N-ethyl adjacent to an activating group) is 1. The van der Waals surface area contributed by atoms with Crippen LogP contribution in [-0.2, 0) is 14.8 Å². The molecule has 1 saturated heterocycles. The van der Waals surface area contributed by atoms with Crippen LogP contribution in [0.15, 0.2) is 29.2 Å². The Hall–Kier alpha value is -1.44. The van der Waals surface area contributed by atoms with E-state index in [0.717, 1.165) is 5.56 Å². The number of piperidine rings is 1. The molecule has 1 heterocycles. The van der Waals surface area contributed by atoms with Crippen molar-refractivity contribution >= 4 is 16.0 Å². The summed E-state index contributed by atoms with van der Waals surface area (Å²) in [4.78, 5) is 12.9. The molecule has 0 bridgehead atoms. The summed E-state index contributed by atoms with van der Waals surface area (Å²) in [5.74, 6) is -0.863. The van der Waals surface area contributed by atoms with Crippen LogP contribution in [0.2, 0.25) is 0 Å². The van der Waals surface area contributed by atoms with Crippen molar-refractivity contribution < 1.29 is 18.3 Å². The Morgan fingerprint density at radius 3 is 2.45 bits per heavy atom. The van der Waals surface area contributed by atoms with Crippen LogP contribution in [0.1, 0.15) is 18.4 Å². The van der Waals surface area contributed by atoms with E-state index in [9.17, 15) is 13.2 Å². The minimum absolute atomic E-state index is 0.0186. The lowest BCUT2D eigenvalue weighted by atomic mass is 10.1. The molecule has 0 radical (unpaired) electrons. The molecular weight excluding hydrogens is 304 g/mol. The third-order valence-corrected chi connectivity index (χ3v) is 6.20. The number of carbonyl (C=O) groups is 1. The highest BCUT2D eigenvalue weighted by Gasteiger charge is 2.31. The average molecular weight is 326 g/mol. The Bertz CT molecular complexity index is 637. The standard InChI is InChI=1S/C15H22N2O4S/c1-12-5-3-4-6-14(12)22(20,21)17-9-7-13(8-10-17)16(2)11-15(18)19/h3-6,13H,7-11H2,1-2H3,(H,18,19). The second-order valence-electron chi connectivity index (χ2n) is 5.71. The number of rotatable bonds is 5. The minimum Gasteiger partial charge on any atom is -0.480 e. The van der Waals surface area contributed by atoms with Crippen LogP contribution in [0.25, 0.3) is 0 Å². The first-order valence-electron chi connectivity index (χ1n) is 7.30. The van der Waals surface area contributed by atoms with E-state index < -0.39 is 16.0 Å². The molecule has 1 N–H and O–H groups in total. The van der Waals surface area contributed by atoms with Gasteiger partial charge in [-0.3, -0.25) is 9.69 Å². The second-order valence-corrected chi connectivity index (χ2v) is 7.62. The zero-order valence-corrected chi connectivity index (χ0v) is 13.7. The summed E-state index contributed by atoms with van der Waals surface area (Å²) in [7, 11) is -1.70. The maximum Gasteiger partial charge on any atom is 0.317 e. The number of aryl methyl sites for hydroxylation is 1. The van der Waals surface area contributed by atoms with Gasteiger partial charge in [0.15, 0.2) is 0 Å². The van der Waals surface area contributed by atoms with Gasteiger partial charge in [-0.05, 0) is 38.4 Å². The molecule has 0 amide bonds. The molecule has 1 aromatic rings. The molecule has 22 heavy (non-hydrogen) atoms. The van der Waals surface area contributed by atoms with Crippen LogP contribution in [0.3, 0.4) is 0 Å². The fourth-order valence-corrected chi connectivity index (χ4v) is 4.55. The number of hydrogen-bond donors (Lipinski definition) is 1. The largest absolute Gasteiger partial charge is 0.480 e. The van der Waals surface area contributed by atoms with Crippen LogP contribution in [0.5, 0.6) is 0 Å². The zero-order valence-electron chi connectivity index (χ0n) is 12.9. The van der Waals surface area contributed by atoms with E-state index in [1.54, 1.807) is 37.1 Å². The lowest BCUT2D eigenvalue weighted by Gasteiger charge is -2.35. The maximum absolute atomic E-state index is 12.7. The molecule has 0 saturated carbocycles. The number of carboxylic acid groups (broad SMARTS) is 1. The van der Waals surface area contributed by atoms with Crippen molar-refractivity contribution in [1.82, 2.24) is 9.21 Å². The fraction of sp³-hybridized carbons (Fsp3) is 0.533. The number of nitrogens with zero attached hydrogens (tertiary/aromatic N) is 2. The molecule has 0 atom stereocenters. The molecule has 0 spiro atoms. The van der Waals surface area contributed by atoms with E-state index >= 15 is 0 Å². The van der Waals surface area contributed by atoms with Crippen molar-refractivity contribution in [2.24, 2.45) is 0 Å². The van der Waals surface area contributed by atoms with Crippen LogP contribution in [0, 0.1) is 6.92 Å². The van der Waals surface area contributed by atoms with Crippen molar-refractivity contribution in [3.63, 3.8) is 0 Å². The van der Waals surface area contributed by atoms with E-state index in [1.807, 2.05) is 6.07 Å². The van der Waals surface area contributed by atoms with Crippen LogP contribution in [0.4, 0.5) is 0 Å². The predicted octanol–water partition coefficient (Wildman–Crippen LogP) is 1.16. The average Bonchev–Trinajstić information content (AvgIpc) is 2.47. The van der Waals surface area contributed by atoms with Crippen molar-refractivity contribution in [2.75, 3.05) is 26.7 Å². The first kappa shape index (κ1) is 16.9. The third kappa shape index (κ3) is 3.66. The molecule has 0 aromatic heterocycles. The summed E-state index contributed by atoms with van der Waals surface area (Å²) in [6.45, 7) is 2.62. The van der Waals surface area contributed by atoms with Gasteiger partial charge in [0, 0.05) is 19.1 Å². The number of sulfonamides is 1. The molecule has 122 valence electrons. The van der Waals surface area contributed by atoms with Gasteiger partial charge in [-0.2, -0.15) is 4.31 Å². The summed E-state index contributed by atoms with van der Waals surface area (Å²) in [5, 5.41) is 8.83. The van der Waals surface area contributed by atoms with E-state index in [-0.39, 0.29) is 12.6 Å². The van der Waals surface area contributed by atoms with Crippen molar-refractivity contribution in [3.05, 3.63) is 29.8 Å². The summed E-state index contributed by atoms with van der Waals surface area (Å²) < 4.78 is 26.9. The SMILES string of the molecule is Cc1ccccc1S(=O)(=O)N1CCC(N(C)CC(=O)O)CC1. The lowest BCUT2D eigenvalue weighted by Crippen LogP contribution is -2.46. The Morgan fingerprint density at radius 2 is 1.91 bits per heavy atom. The zero-order chi connectivity index (χ0) is 16.3. The highest BCUT2D eigenvalue weighted by molar-refractivity contribution is 7.89. The van der Waals surface area contributed by atoms with E-state index in [0.29, 0.717) is 30.8 Å². The Balaban J connectivity index is 2.05. The monoisotopic (exact) mass is 326 g/mol. The Kier molecular flexibility index (Phi) is 5.20. The first-order chi connectivity index (χ1) is 10.3. The van der Waals surface area contributed by atoms with Gasteiger partial charge in [-0.15, -0.1) is 0 Å². The molecule has 1 aliphatic heterocycles. The highest BCUT2D eigenvalue weighted by atomic mass is 32.2. The number of hydrogen-bond acceptors (Lipinski definition) is 4. The number of carboxylic acids is 1. The molecular formula is C15H22N2O4S.